The standard InChI is InChI=1S/C6H11NO2.CH3Cl.ClH/c7-5-2-1-4(3-5)6(8)9;1-2;/h4-5H,1-3,7H2,(H,8,9);1H3;1H/t4?,5-;;/m1../s1. The van der Waals surface area contributed by atoms with Gasteiger partial charge in [0.1, 0.15) is 0 Å². The number of hydrogen-bond donors (Lipinski definition) is 2. The molecule has 0 aromatic heterocycles. The summed E-state index contributed by atoms with van der Waals surface area (Å²) in [4.78, 5) is 10.3. The van der Waals surface area contributed by atoms with Crippen LogP contribution in [0.4, 0.5) is 0 Å². The zero-order valence-electron chi connectivity index (χ0n) is 7.00. The Hall–Kier alpha value is 0.01000. The van der Waals surface area contributed by atoms with E-state index in [2.05, 4.69) is 11.6 Å². The van der Waals surface area contributed by atoms with Gasteiger partial charge in [-0.15, -0.1) is 24.0 Å². The number of alkyl halides is 1. The van der Waals surface area contributed by atoms with Crippen molar-refractivity contribution >= 4 is 30.0 Å². The summed E-state index contributed by atoms with van der Waals surface area (Å²) in [6, 6.07) is 0.131. The summed E-state index contributed by atoms with van der Waals surface area (Å²) >= 11 is 4.64. The summed E-state index contributed by atoms with van der Waals surface area (Å²) in [5.74, 6) is -0.858. The number of aliphatic carboxylic acids is 1. The van der Waals surface area contributed by atoms with Gasteiger partial charge in [-0.1, -0.05) is 0 Å². The van der Waals surface area contributed by atoms with Crippen molar-refractivity contribution in [1.82, 2.24) is 0 Å². The van der Waals surface area contributed by atoms with Crippen LogP contribution in [0.5, 0.6) is 0 Å². The molecule has 1 unspecified atom stereocenters. The third-order valence-corrected chi connectivity index (χ3v) is 1.82. The number of carboxylic acids is 1. The molecule has 0 aromatic rings. The smallest absolute Gasteiger partial charge is 0.306 e. The van der Waals surface area contributed by atoms with E-state index in [4.69, 9.17) is 10.8 Å². The molecule has 0 aromatic carbocycles. The Morgan fingerprint density at radius 3 is 2.17 bits per heavy atom. The Balaban J connectivity index is 0. The van der Waals surface area contributed by atoms with Crippen LogP contribution in [0.2, 0.25) is 0 Å². The summed E-state index contributed by atoms with van der Waals surface area (Å²) in [5.41, 5.74) is 5.50. The number of halogens is 2. The zero-order chi connectivity index (χ0) is 8.85. The highest BCUT2D eigenvalue weighted by molar-refractivity contribution is 6.15. The summed E-state index contributed by atoms with van der Waals surface area (Å²) < 4.78 is 0. The van der Waals surface area contributed by atoms with E-state index in [1.807, 2.05) is 0 Å². The van der Waals surface area contributed by atoms with Crippen LogP contribution in [0.15, 0.2) is 0 Å². The predicted octanol–water partition coefficient (Wildman–Crippen LogP) is 1.48. The number of carbonyl (C=O) groups is 1. The Morgan fingerprint density at radius 2 is 2.00 bits per heavy atom. The van der Waals surface area contributed by atoms with E-state index in [1.165, 1.54) is 6.38 Å². The lowest BCUT2D eigenvalue weighted by Crippen LogP contribution is -2.17. The van der Waals surface area contributed by atoms with Crippen molar-refractivity contribution in [3.05, 3.63) is 0 Å². The van der Waals surface area contributed by atoms with Crippen LogP contribution in [-0.2, 0) is 4.79 Å². The Morgan fingerprint density at radius 1 is 1.50 bits per heavy atom. The second-order valence-corrected chi connectivity index (χ2v) is 2.61. The molecule has 3 N–H and O–H groups in total. The van der Waals surface area contributed by atoms with Gasteiger partial charge in [0, 0.05) is 12.4 Å². The first kappa shape index (κ1) is 14.5. The van der Waals surface area contributed by atoms with E-state index < -0.39 is 5.97 Å². The van der Waals surface area contributed by atoms with Gasteiger partial charge in [0.15, 0.2) is 0 Å². The van der Waals surface area contributed by atoms with Crippen LogP contribution in [0.25, 0.3) is 0 Å². The fourth-order valence-electron chi connectivity index (χ4n) is 1.24. The van der Waals surface area contributed by atoms with E-state index in [0.717, 1.165) is 12.8 Å². The fourth-order valence-corrected chi connectivity index (χ4v) is 1.24. The Bertz CT molecular complexity index is 133. The highest BCUT2D eigenvalue weighted by atomic mass is 35.5. The van der Waals surface area contributed by atoms with Crippen molar-refractivity contribution in [2.24, 2.45) is 11.7 Å². The van der Waals surface area contributed by atoms with E-state index in [-0.39, 0.29) is 24.4 Å². The largest absolute Gasteiger partial charge is 0.481 e. The van der Waals surface area contributed by atoms with Crippen molar-refractivity contribution in [2.75, 3.05) is 6.38 Å². The molecule has 0 heterocycles. The molecule has 2 atom stereocenters. The van der Waals surface area contributed by atoms with E-state index in [0.29, 0.717) is 6.42 Å². The molecule has 74 valence electrons. The molecular formula is C7H15Cl2NO2. The average Bonchev–Trinajstić information content (AvgIpc) is 2.40. The fraction of sp³-hybridized carbons (Fsp3) is 0.857. The number of rotatable bonds is 1. The van der Waals surface area contributed by atoms with Crippen molar-refractivity contribution < 1.29 is 9.90 Å². The highest BCUT2D eigenvalue weighted by Crippen LogP contribution is 2.23. The first-order valence-corrected chi connectivity index (χ1v) is 4.32. The van der Waals surface area contributed by atoms with Gasteiger partial charge in [0.05, 0.1) is 5.92 Å². The number of carboxylic acid groups (broad SMARTS) is 1. The average molecular weight is 216 g/mol. The molecule has 1 aliphatic rings. The lowest BCUT2D eigenvalue weighted by atomic mass is 10.1. The molecule has 1 rings (SSSR count). The van der Waals surface area contributed by atoms with Gasteiger partial charge in [-0.3, -0.25) is 4.79 Å². The van der Waals surface area contributed by atoms with Crippen LogP contribution < -0.4 is 5.73 Å². The quantitative estimate of drug-likeness (QED) is 0.652. The summed E-state index contributed by atoms with van der Waals surface area (Å²) in [7, 11) is 0. The summed E-state index contributed by atoms with van der Waals surface area (Å²) in [5, 5.41) is 8.48. The highest BCUT2D eigenvalue weighted by Gasteiger charge is 2.26. The normalized spacial score (nSPS) is 26.6. The van der Waals surface area contributed by atoms with Gasteiger partial charge in [-0.2, -0.15) is 0 Å². The lowest BCUT2D eigenvalue weighted by Gasteiger charge is -1.99. The summed E-state index contributed by atoms with van der Waals surface area (Å²) in [6.45, 7) is 0. The maximum atomic E-state index is 10.3. The molecule has 0 spiro atoms. The predicted molar refractivity (Wildman–Crippen MR) is 52.0 cm³/mol. The first-order chi connectivity index (χ1) is 5.20. The molecule has 0 bridgehead atoms. The maximum absolute atomic E-state index is 10.3. The molecule has 0 saturated heterocycles. The van der Waals surface area contributed by atoms with Crippen molar-refractivity contribution in [3.63, 3.8) is 0 Å². The minimum atomic E-state index is -0.692. The van der Waals surface area contributed by atoms with Crippen LogP contribution in [0.1, 0.15) is 19.3 Å². The van der Waals surface area contributed by atoms with Gasteiger partial charge in [-0.25, -0.2) is 0 Å². The summed E-state index contributed by atoms with van der Waals surface area (Å²) in [6.07, 6.45) is 3.77. The molecule has 12 heavy (non-hydrogen) atoms. The van der Waals surface area contributed by atoms with Gasteiger partial charge in [0.25, 0.3) is 0 Å². The Kier molecular flexibility index (Phi) is 9.26. The maximum Gasteiger partial charge on any atom is 0.306 e. The van der Waals surface area contributed by atoms with Gasteiger partial charge in [0.2, 0.25) is 0 Å². The molecule has 3 nitrogen and oxygen atoms in total. The molecule has 5 heteroatoms. The van der Waals surface area contributed by atoms with E-state index in [9.17, 15) is 4.79 Å². The number of hydrogen-bond acceptors (Lipinski definition) is 2. The van der Waals surface area contributed by atoms with Crippen LogP contribution >= 0.6 is 24.0 Å². The SMILES string of the molecule is CCl.Cl.N[C@@H]1CCC(C(=O)O)C1. The topological polar surface area (TPSA) is 63.3 Å². The second-order valence-electron chi connectivity index (χ2n) is 2.61. The van der Waals surface area contributed by atoms with E-state index in [1.54, 1.807) is 0 Å². The van der Waals surface area contributed by atoms with Crippen molar-refractivity contribution in [3.8, 4) is 0 Å². The van der Waals surface area contributed by atoms with Gasteiger partial charge < -0.3 is 10.8 Å². The molecule has 0 amide bonds. The third-order valence-electron chi connectivity index (χ3n) is 1.82. The van der Waals surface area contributed by atoms with E-state index >= 15 is 0 Å². The van der Waals surface area contributed by atoms with Gasteiger partial charge in [-0.05, 0) is 19.3 Å². The third kappa shape index (κ3) is 4.80. The van der Waals surface area contributed by atoms with Crippen LogP contribution in [-0.4, -0.2) is 23.5 Å². The van der Waals surface area contributed by atoms with Gasteiger partial charge >= 0.3 is 5.97 Å². The minimum absolute atomic E-state index is 0. The molecular weight excluding hydrogens is 201 g/mol. The molecule has 1 saturated carbocycles. The molecule has 0 radical (unpaired) electrons. The first-order valence-electron chi connectivity index (χ1n) is 3.56. The zero-order valence-corrected chi connectivity index (χ0v) is 8.57. The number of nitrogens with two attached hydrogens (primary N) is 1. The Labute approximate surface area is 83.7 Å². The molecule has 1 fully saturated rings. The monoisotopic (exact) mass is 215 g/mol. The van der Waals surface area contributed by atoms with Crippen LogP contribution in [0.3, 0.4) is 0 Å². The molecule has 0 aliphatic heterocycles. The second kappa shape index (κ2) is 7.65. The van der Waals surface area contributed by atoms with Crippen molar-refractivity contribution in [2.45, 2.75) is 25.3 Å². The molecule has 1 aliphatic carbocycles. The lowest BCUT2D eigenvalue weighted by molar-refractivity contribution is -0.141. The van der Waals surface area contributed by atoms with Crippen LogP contribution in [0, 0.1) is 5.92 Å². The minimum Gasteiger partial charge on any atom is -0.481 e. The van der Waals surface area contributed by atoms with Crippen molar-refractivity contribution in [1.29, 1.82) is 0 Å².